The predicted octanol–water partition coefficient (Wildman–Crippen LogP) is 4.22. The molecule has 0 saturated heterocycles. The molecule has 4 rings (SSSR count). The molecule has 37 heavy (non-hydrogen) atoms. The van der Waals surface area contributed by atoms with Crippen LogP contribution >= 0.6 is 0 Å². The Kier molecular flexibility index (Phi) is 7.66. The van der Waals surface area contributed by atoms with Gasteiger partial charge in [-0.05, 0) is 74.7 Å². The van der Waals surface area contributed by atoms with Crippen LogP contribution in [0.3, 0.4) is 0 Å². The van der Waals surface area contributed by atoms with E-state index in [1.54, 1.807) is 17.7 Å². The monoisotopic (exact) mass is 496 g/mol. The van der Waals surface area contributed by atoms with E-state index in [1.165, 1.54) is 0 Å². The number of aromatic nitrogens is 2. The van der Waals surface area contributed by atoms with Crippen molar-refractivity contribution in [2.24, 2.45) is 0 Å². The molecular weight excluding hydrogens is 468 g/mol. The number of hydrogen-bond donors (Lipinski definition) is 1. The Hall–Kier alpha value is -4.48. The van der Waals surface area contributed by atoms with Gasteiger partial charge in [-0.3, -0.25) is 14.5 Å². The number of para-hydroxylation sites is 1. The number of rotatable bonds is 8. The van der Waals surface area contributed by atoms with Gasteiger partial charge in [-0.2, -0.15) is 10.4 Å². The van der Waals surface area contributed by atoms with Crippen LogP contribution in [0.1, 0.15) is 31.4 Å². The SMILES string of the molecule is CCOc1ccc(-c2nn(-c3ccccc3)cc2/C=C2/C(=O)N(CCCO)C(=O)C(C#N)=C2C)c(C)c1. The fourth-order valence-corrected chi connectivity index (χ4v) is 4.29. The number of aliphatic hydroxyl groups excluding tert-OH is 1. The average molecular weight is 497 g/mol. The number of aliphatic hydroxyl groups is 1. The molecule has 8 heteroatoms. The summed E-state index contributed by atoms with van der Waals surface area (Å²) in [5.74, 6) is -0.390. The third-order valence-corrected chi connectivity index (χ3v) is 6.19. The smallest absolute Gasteiger partial charge is 0.271 e. The van der Waals surface area contributed by atoms with Gasteiger partial charge in [0, 0.05) is 36.0 Å². The number of carbonyl (C=O) groups excluding carboxylic acids is 2. The van der Waals surface area contributed by atoms with Gasteiger partial charge in [-0.1, -0.05) is 18.2 Å². The Balaban J connectivity index is 1.90. The lowest BCUT2D eigenvalue weighted by atomic mass is 9.92. The lowest BCUT2D eigenvalue weighted by molar-refractivity contribution is -0.140. The normalized spacial score (nSPS) is 14.9. The Bertz CT molecular complexity index is 1440. The Morgan fingerprint density at radius 3 is 2.51 bits per heavy atom. The van der Waals surface area contributed by atoms with Crippen molar-refractivity contribution in [2.75, 3.05) is 19.8 Å². The average Bonchev–Trinajstić information content (AvgIpc) is 3.31. The second-order valence-corrected chi connectivity index (χ2v) is 8.63. The molecule has 0 bridgehead atoms. The van der Waals surface area contributed by atoms with E-state index < -0.39 is 11.8 Å². The molecule has 0 aliphatic carbocycles. The first-order chi connectivity index (χ1) is 17.9. The van der Waals surface area contributed by atoms with Gasteiger partial charge in [-0.15, -0.1) is 0 Å². The highest BCUT2D eigenvalue weighted by Gasteiger charge is 2.35. The van der Waals surface area contributed by atoms with Gasteiger partial charge < -0.3 is 9.84 Å². The maximum absolute atomic E-state index is 13.4. The van der Waals surface area contributed by atoms with Gasteiger partial charge in [0.1, 0.15) is 23.1 Å². The molecule has 188 valence electrons. The number of nitrogens with zero attached hydrogens (tertiary/aromatic N) is 4. The summed E-state index contributed by atoms with van der Waals surface area (Å²) in [7, 11) is 0. The van der Waals surface area contributed by atoms with Gasteiger partial charge in [-0.25, -0.2) is 4.68 Å². The van der Waals surface area contributed by atoms with Crippen LogP contribution in [0.4, 0.5) is 0 Å². The van der Waals surface area contributed by atoms with Gasteiger partial charge in [0.05, 0.1) is 12.3 Å². The second kappa shape index (κ2) is 11.1. The number of nitriles is 1. The highest BCUT2D eigenvalue weighted by molar-refractivity contribution is 6.19. The van der Waals surface area contributed by atoms with Crippen LogP contribution in [0.25, 0.3) is 23.0 Å². The molecule has 3 aromatic rings. The summed E-state index contributed by atoms with van der Waals surface area (Å²) in [5.41, 5.74) is 4.44. The van der Waals surface area contributed by atoms with Crippen molar-refractivity contribution in [3.8, 4) is 28.8 Å². The molecule has 2 aromatic carbocycles. The van der Waals surface area contributed by atoms with Crippen LogP contribution < -0.4 is 4.74 Å². The van der Waals surface area contributed by atoms with Crippen LogP contribution in [0.5, 0.6) is 5.75 Å². The molecule has 1 aliphatic heterocycles. The van der Waals surface area contributed by atoms with Crippen molar-refractivity contribution in [1.82, 2.24) is 14.7 Å². The second-order valence-electron chi connectivity index (χ2n) is 8.63. The van der Waals surface area contributed by atoms with Crippen molar-refractivity contribution < 1.29 is 19.4 Å². The maximum atomic E-state index is 13.4. The summed E-state index contributed by atoms with van der Waals surface area (Å²) >= 11 is 0. The third-order valence-electron chi connectivity index (χ3n) is 6.19. The zero-order valence-electron chi connectivity index (χ0n) is 21.1. The first kappa shape index (κ1) is 25.6. The zero-order valence-corrected chi connectivity index (χ0v) is 21.1. The third kappa shape index (κ3) is 5.08. The number of ether oxygens (including phenoxy) is 1. The summed E-state index contributed by atoms with van der Waals surface area (Å²) in [6.07, 6.45) is 3.74. The zero-order chi connectivity index (χ0) is 26.5. The number of imide groups is 1. The maximum Gasteiger partial charge on any atom is 0.271 e. The summed E-state index contributed by atoms with van der Waals surface area (Å²) < 4.78 is 7.38. The van der Waals surface area contributed by atoms with Crippen molar-refractivity contribution in [3.63, 3.8) is 0 Å². The fraction of sp³-hybridized carbons (Fsp3) is 0.241. The number of carbonyl (C=O) groups is 2. The largest absolute Gasteiger partial charge is 0.494 e. The Morgan fingerprint density at radius 1 is 1.11 bits per heavy atom. The summed E-state index contributed by atoms with van der Waals surface area (Å²) in [6.45, 7) is 5.91. The number of hydrogen-bond acceptors (Lipinski definition) is 6. The molecule has 0 saturated carbocycles. The molecule has 0 fully saturated rings. The summed E-state index contributed by atoms with van der Waals surface area (Å²) in [6, 6.07) is 17.3. The van der Waals surface area contributed by atoms with E-state index in [0.717, 1.165) is 27.5 Å². The van der Waals surface area contributed by atoms with Gasteiger partial charge in [0.2, 0.25) is 0 Å². The quantitative estimate of drug-likeness (QED) is 0.370. The van der Waals surface area contributed by atoms with E-state index in [9.17, 15) is 20.0 Å². The molecule has 8 nitrogen and oxygen atoms in total. The van der Waals surface area contributed by atoms with Gasteiger partial charge in [0.15, 0.2) is 0 Å². The fourth-order valence-electron chi connectivity index (χ4n) is 4.29. The van der Waals surface area contributed by atoms with E-state index in [4.69, 9.17) is 9.84 Å². The lowest BCUT2D eigenvalue weighted by Crippen LogP contribution is -2.43. The van der Waals surface area contributed by atoms with Crippen LogP contribution in [-0.4, -0.2) is 51.4 Å². The van der Waals surface area contributed by atoms with E-state index in [0.29, 0.717) is 23.4 Å². The molecule has 0 spiro atoms. The van der Waals surface area contributed by atoms with Crippen molar-refractivity contribution in [1.29, 1.82) is 5.26 Å². The number of benzene rings is 2. The molecule has 1 aliphatic rings. The van der Waals surface area contributed by atoms with Crippen LogP contribution in [0.15, 0.2) is 71.4 Å². The van der Waals surface area contributed by atoms with Crippen LogP contribution in [0.2, 0.25) is 0 Å². The van der Waals surface area contributed by atoms with Crippen LogP contribution in [-0.2, 0) is 9.59 Å². The molecule has 0 unspecified atom stereocenters. The predicted molar refractivity (Wildman–Crippen MR) is 140 cm³/mol. The molecule has 0 radical (unpaired) electrons. The number of amides is 2. The molecular formula is C29H28N4O4. The van der Waals surface area contributed by atoms with Gasteiger partial charge in [0.25, 0.3) is 11.8 Å². The number of aryl methyl sites for hydroxylation is 1. The highest BCUT2D eigenvalue weighted by Crippen LogP contribution is 2.33. The molecule has 0 atom stereocenters. The topological polar surface area (TPSA) is 108 Å². The molecule has 1 N–H and O–H groups in total. The van der Waals surface area contributed by atoms with Crippen molar-refractivity contribution >= 4 is 17.9 Å². The minimum absolute atomic E-state index is 0.0259. The van der Waals surface area contributed by atoms with Crippen LogP contribution in [0, 0.1) is 18.3 Å². The Morgan fingerprint density at radius 2 is 1.86 bits per heavy atom. The Labute approximate surface area is 215 Å². The minimum atomic E-state index is -0.641. The van der Waals surface area contributed by atoms with E-state index >= 15 is 0 Å². The molecule has 2 amide bonds. The first-order valence-electron chi connectivity index (χ1n) is 12.1. The van der Waals surface area contributed by atoms with E-state index in [2.05, 4.69) is 0 Å². The lowest BCUT2D eigenvalue weighted by Gasteiger charge is -2.27. The van der Waals surface area contributed by atoms with E-state index in [-0.39, 0.29) is 30.7 Å². The summed E-state index contributed by atoms with van der Waals surface area (Å²) in [5, 5.41) is 23.8. The summed E-state index contributed by atoms with van der Waals surface area (Å²) in [4.78, 5) is 27.2. The van der Waals surface area contributed by atoms with Crippen molar-refractivity contribution in [3.05, 3.63) is 82.6 Å². The van der Waals surface area contributed by atoms with Crippen molar-refractivity contribution in [2.45, 2.75) is 27.2 Å². The van der Waals surface area contributed by atoms with E-state index in [1.807, 2.05) is 74.6 Å². The molecule has 1 aromatic heterocycles. The standard InChI is InChI=1S/C29H28N4O4/c1-4-37-23-11-12-24(19(2)15-23)27-21(18-33(31-27)22-9-6-5-7-10-22)16-25-20(3)26(17-30)29(36)32(28(25)35)13-8-14-34/h5-7,9-12,15-16,18,34H,4,8,13-14H2,1-3H3/b25-16+. The minimum Gasteiger partial charge on any atom is -0.494 e. The first-order valence-corrected chi connectivity index (χ1v) is 12.1. The molecule has 2 heterocycles. The highest BCUT2D eigenvalue weighted by atomic mass is 16.5. The van der Waals surface area contributed by atoms with Gasteiger partial charge >= 0.3 is 0 Å².